The summed E-state index contributed by atoms with van der Waals surface area (Å²) in [5.41, 5.74) is 3.43. The lowest BCUT2D eigenvalue weighted by molar-refractivity contribution is 0.102. The molecule has 0 aliphatic heterocycles. The molecule has 0 radical (unpaired) electrons. The summed E-state index contributed by atoms with van der Waals surface area (Å²) in [7, 11) is 4.84. The van der Waals surface area contributed by atoms with Crippen LogP contribution >= 0.6 is 11.3 Å². The van der Waals surface area contributed by atoms with Crippen LogP contribution in [0.4, 0.5) is 10.7 Å². The minimum atomic E-state index is -0.126. The molecule has 0 unspecified atom stereocenters. The standard InChI is InChI=1S/C26H28N2O4S/c1-30-19-12-10-18(11-13-19)28-25(29)24-20-7-5-4-6-8-23(20)33-26(24)27-16-17-9-14-21(31-2)22(15-17)32-3/h9-16H,4-8H2,1-3H3,(H,28,29). The first-order chi connectivity index (χ1) is 16.1. The number of anilines is 1. The summed E-state index contributed by atoms with van der Waals surface area (Å²) >= 11 is 1.62. The predicted octanol–water partition coefficient (Wildman–Crippen LogP) is 6.05. The average Bonchev–Trinajstić information content (AvgIpc) is 3.04. The molecule has 3 aromatic rings. The van der Waals surface area contributed by atoms with Gasteiger partial charge in [0.05, 0.1) is 26.9 Å². The summed E-state index contributed by atoms with van der Waals surface area (Å²) in [4.78, 5) is 19.4. The largest absolute Gasteiger partial charge is 0.497 e. The fourth-order valence-corrected chi connectivity index (χ4v) is 5.22. The van der Waals surface area contributed by atoms with Crippen molar-refractivity contribution in [3.63, 3.8) is 0 Å². The second kappa shape index (κ2) is 10.5. The van der Waals surface area contributed by atoms with Gasteiger partial charge in [0.1, 0.15) is 10.8 Å². The van der Waals surface area contributed by atoms with E-state index < -0.39 is 0 Å². The summed E-state index contributed by atoms with van der Waals surface area (Å²) in [5.74, 6) is 1.93. The second-order valence-corrected chi connectivity index (χ2v) is 8.88. The molecule has 1 N–H and O–H groups in total. The Bertz CT molecular complexity index is 1150. The highest BCUT2D eigenvalue weighted by atomic mass is 32.1. The van der Waals surface area contributed by atoms with Crippen LogP contribution in [0.25, 0.3) is 0 Å². The number of amides is 1. The van der Waals surface area contributed by atoms with Crippen molar-refractivity contribution in [1.29, 1.82) is 0 Å². The zero-order valence-corrected chi connectivity index (χ0v) is 20.0. The number of carbonyl (C=O) groups excluding carboxylic acids is 1. The Kier molecular flexibility index (Phi) is 7.29. The zero-order valence-electron chi connectivity index (χ0n) is 19.1. The maximum atomic E-state index is 13.4. The van der Waals surface area contributed by atoms with E-state index in [2.05, 4.69) is 5.32 Å². The van der Waals surface area contributed by atoms with E-state index in [-0.39, 0.29) is 5.91 Å². The van der Waals surface area contributed by atoms with Gasteiger partial charge in [-0.05, 0) is 79.3 Å². The fraction of sp³-hybridized carbons (Fsp3) is 0.308. The number of nitrogens with zero attached hydrogens (tertiary/aromatic N) is 1. The Morgan fingerprint density at radius 2 is 1.70 bits per heavy atom. The van der Waals surface area contributed by atoms with Crippen LogP contribution in [0.2, 0.25) is 0 Å². The lowest BCUT2D eigenvalue weighted by Gasteiger charge is -2.09. The highest BCUT2D eigenvalue weighted by Gasteiger charge is 2.24. The van der Waals surface area contributed by atoms with Crippen molar-refractivity contribution in [2.75, 3.05) is 26.6 Å². The van der Waals surface area contributed by atoms with Crippen LogP contribution in [0.15, 0.2) is 47.5 Å². The Morgan fingerprint density at radius 3 is 2.42 bits per heavy atom. The van der Waals surface area contributed by atoms with Gasteiger partial charge in [-0.3, -0.25) is 4.79 Å². The molecule has 0 saturated heterocycles. The highest BCUT2D eigenvalue weighted by molar-refractivity contribution is 7.16. The highest BCUT2D eigenvalue weighted by Crippen LogP contribution is 2.40. The summed E-state index contributed by atoms with van der Waals surface area (Å²) in [6.45, 7) is 0. The molecule has 1 aliphatic carbocycles. The van der Waals surface area contributed by atoms with Crippen molar-refractivity contribution in [1.82, 2.24) is 0 Å². The monoisotopic (exact) mass is 464 g/mol. The van der Waals surface area contributed by atoms with Gasteiger partial charge in [-0.15, -0.1) is 11.3 Å². The SMILES string of the molecule is COc1ccc(NC(=O)c2c(N=Cc3ccc(OC)c(OC)c3)sc3c2CCCCC3)cc1. The van der Waals surface area contributed by atoms with E-state index in [4.69, 9.17) is 19.2 Å². The predicted molar refractivity (Wildman–Crippen MR) is 133 cm³/mol. The maximum absolute atomic E-state index is 13.4. The van der Waals surface area contributed by atoms with Crippen molar-refractivity contribution in [2.24, 2.45) is 4.99 Å². The number of hydrogen-bond donors (Lipinski definition) is 1. The second-order valence-electron chi connectivity index (χ2n) is 7.80. The van der Waals surface area contributed by atoms with Gasteiger partial charge in [0, 0.05) is 16.8 Å². The first-order valence-electron chi connectivity index (χ1n) is 11.0. The topological polar surface area (TPSA) is 69.2 Å². The zero-order chi connectivity index (χ0) is 23.2. The van der Waals surface area contributed by atoms with E-state index in [1.165, 1.54) is 11.3 Å². The van der Waals surface area contributed by atoms with E-state index >= 15 is 0 Å². The number of benzene rings is 2. The van der Waals surface area contributed by atoms with Crippen LogP contribution in [-0.2, 0) is 12.8 Å². The lowest BCUT2D eigenvalue weighted by atomic mass is 10.0. The Labute approximate surface area is 198 Å². The van der Waals surface area contributed by atoms with E-state index in [0.29, 0.717) is 17.1 Å². The molecule has 33 heavy (non-hydrogen) atoms. The van der Waals surface area contributed by atoms with Crippen molar-refractivity contribution in [2.45, 2.75) is 32.1 Å². The Balaban J connectivity index is 1.66. The number of ether oxygens (including phenoxy) is 3. The molecule has 4 rings (SSSR count). The number of hydrogen-bond acceptors (Lipinski definition) is 6. The normalized spacial score (nSPS) is 13.3. The first-order valence-corrected chi connectivity index (χ1v) is 11.8. The molecule has 0 fully saturated rings. The molecular weight excluding hydrogens is 436 g/mol. The minimum absolute atomic E-state index is 0.126. The molecule has 0 spiro atoms. The summed E-state index contributed by atoms with van der Waals surface area (Å²) < 4.78 is 15.9. The lowest BCUT2D eigenvalue weighted by Crippen LogP contribution is -2.13. The van der Waals surface area contributed by atoms with E-state index in [1.54, 1.807) is 38.9 Å². The quantitative estimate of drug-likeness (QED) is 0.342. The van der Waals surface area contributed by atoms with Gasteiger partial charge in [0.2, 0.25) is 0 Å². The van der Waals surface area contributed by atoms with Gasteiger partial charge in [0.15, 0.2) is 11.5 Å². The van der Waals surface area contributed by atoms with Crippen LogP contribution < -0.4 is 19.5 Å². The Hall–Kier alpha value is -3.32. The summed E-state index contributed by atoms with van der Waals surface area (Å²) in [6, 6.07) is 13.0. The number of methoxy groups -OCH3 is 3. The molecule has 0 bridgehead atoms. The molecule has 1 aliphatic rings. The van der Waals surface area contributed by atoms with Crippen LogP contribution in [0.1, 0.15) is 45.6 Å². The van der Waals surface area contributed by atoms with E-state index in [9.17, 15) is 4.79 Å². The van der Waals surface area contributed by atoms with Crippen LogP contribution in [-0.4, -0.2) is 33.5 Å². The molecule has 6 nitrogen and oxygen atoms in total. The molecule has 7 heteroatoms. The van der Waals surface area contributed by atoms with Crippen molar-refractivity contribution in [3.8, 4) is 17.2 Å². The van der Waals surface area contributed by atoms with Crippen LogP contribution in [0.5, 0.6) is 17.2 Å². The van der Waals surface area contributed by atoms with Gasteiger partial charge < -0.3 is 19.5 Å². The van der Waals surface area contributed by atoms with Gasteiger partial charge in [-0.25, -0.2) is 4.99 Å². The minimum Gasteiger partial charge on any atom is -0.497 e. The number of thiophene rings is 1. The molecule has 172 valence electrons. The third-order valence-corrected chi connectivity index (χ3v) is 6.92. The fourth-order valence-electron chi connectivity index (χ4n) is 3.99. The molecule has 0 atom stereocenters. The van der Waals surface area contributed by atoms with Gasteiger partial charge in [-0.1, -0.05) is 6.42 Å². The number of aliphatic imine (C=N–C) groups is 1. The number of fused-ring (bicyclic) bond motifs is 1. The molecule has 0 saturated carbocycles. The third-order valence-electron chi connectivity index (χ3n) is 5.72. The number of nitrogens with one attached hydrogen (secondary N) is 1. The van der Waals surface area contributed by atoms with Crippen molar-refractivity contribution < 1.29 is 19.0 Å². The molecule has 1 amide bonds. The smallest absolute Gasteiger partial charge is 0.259 e. The van der Waals surface area contributed by atoms with Gasteiger partial charge in [0.25, 0.3) is 5.91 Å². The summed E-state index contributed by atoms with van der Waals surface area (Å²) in [5, 5.41) is 3.78. The molecule has 1 aromatic heterocycles. The van der Waals surface area contributed by atoms with Crippen molar-refractivity contribution >= 4 is 34.1 Å². The van der Waals surface area contributed by atoms with Crippen LogP contribution in [0, 0.1) is 0 Å². The van der Waals surface area contributed by atoms with Crippen molar-refractivity contribution in [3.05, 3.63) is 64.0 Å². The average molecular weight is 465 g/mol. The van der Waals surface area contributed by atoms with E-state index in [0.717, 1.165) is 53.2 Å². The maximum Gasteiger partial charge on any atom is 0.259 e. The number of rotatable bonds is 7. The summed E-state index contributed by atoms with van der Waals surface area (Å²) in [6.07, 6.45) is 7.09. The molecule has 2 aromatic carbocycles. The van der Waals surface area contributed by atoms with Gasteiger partial charge in [-0.2, -0.15) is 0 Å². The molecule has 1 heterocycles. The first kappa shape index (κ1) is 22.9. The number of aryl methyl sites for hydroxylation is 1. The molecular formula is C26H28N2O4S. The van der Waals surface area contributed by atoms with Crippen LogP contribution in [0.3, 0.4) is 0 Å². The third kappa shape index (κ3) is 5.20. The van der Waals surface area contributed by atoms with Gasteiger partial charge >= 0.3 is 0 Å². The van der Waals surface area contributed by atoms with E-state index in [1.807, 2.05) is 42.5 Å². The number of carbonyl (C=O) groups is 1. The Morgan fingerprint density at radius 1 is 0.939 bits per heavy atom.